The number of hydrogen-bond acceptors (Lipinski definition) is 4. The number of ether oxygens (including phenoxy) is 1. The van der Waals surface area contributed by atoms with E-state index in [1.165, 1.54) is 0 Å². The van der Waals surface area contributed by atoms with Gasteiger partial charge in [-0.2, -0.15) is 0 Å². The lowest BCUT2D eigenvalue weighted by molar-refractivity contribution is -0.149. The second-order valence-corrected chi connectivity index (χ2v) is 4.78. The molecule has 0 spiro atoms. The van der Waals surface area contributed by atoms with E-state index in [1.807, 2.05) is 13.8 Å². The van der Waals surface area contributed by atoms with Gasteiger partial charge in [-0.25, -0.2) is 4.98 Å². The number of carbonyl (C=O) groups is 1. The lowest BCUT2D eigenvalue weighted by atomic mass is 10.0. The van der Waals surface area contributed by atoms with Crippen molar-refractivity contribution >= 4 is 17.6 Å². The average molecular weight is 255 g/mol. The lowest BCUT2D eigenvalue weighted by Gasteiger charge is -2.13. The molecule has 5 heteroatoms. The molecule has 1 fully saturated rings. The van der Waals surface area contributed by atoms with Gasteiger partial charge in [-0.1, -0.05) is 11.6 Å². The summed E-state index contributed by atoms with van der Waals surface area (Å²) >= 11 is 6.02. The fourth-order valence-electron chi connectivity index (χ4n) is 1.80. The van der Waals surface area contributed by atoms with E-state index in [0.29, 0.717) is 23.9 Å². The van der Waals surface area contributed by atoms with Crippen LogP contribution in [0.25, 0.3) is 0 Å². The zero-order valence-electron chi connectivity index (χ0n) is 9.99. The summed E-state index contributed by atoms with van der Waals surface area (Å²) in [7, 11) is 0. The van der Waals surface area contributed by atoms with Crippen LogP contribution in [0.1, 0.15) is 31.2 Å². The van der Waals surface area contributed by atoms with Gasteiger partial charge in [0.15, 0.2) is 5.15 Å². The number of carbonyl (C=O) groups excluding carboxylic acids is 1. The van der Waals surface area contributed by atoms with Crippen molar-refractivity contribution < 1.29 is 9.53 Å². The summed E-state index contributed by atoms with van der Waals surface area (Å²) in [5, 5.41) is 0.389. The molecule has 4 nitrogen and oxygen atoms in total. The molecule has 0 radical (unpaired) electrons. The molecule has 1 heterocycles. The van der Waals surface area contributed by atoms with Gasteiger partial charge in [0.1, 0.15) is 0 Å². The minimum atomic E-state index is -0.399. The molecule has 2 rings (SSSR count). The maximum Gasteiger partial charge on any atom is 0.312 e. The summed E-state index contributed by atoms with van der Waals surface area (Å²) in [6, 6.07) is 0. The maximum atomic E-state index is 11.8. The second-order valence-electron chi connectivity index (χ2n) is 4.43. The maximum absolute atomic E-state index is 11.8. The van der Waals surface area contributed by atoms with Crippen LogP contribution >= 0.6 is 11.6 Å². The molecule has 0 bridgehead atoms. The number of nitrogens with zero attached hydrogens (tertiary/aromatic N) is 2. The molecule has 17 heavy (non-hydrogen) atoms. The molecule has 1 aliphatic carbocycles. The Kier molecular flexibility index (Phi) is 3.33. The van der Waals surface area contributed by atoms with Crippen LogP contribution in [0.3, 0.4) is 0 Å². The first-order valence-electron chi connectivity index (χ1n) is 5.72. The van der Waals surface area contributed by atoms with E-state index < -0.39 is 5.41 Å². The molecule has 0 aromatic carbocycles. The zero-order valence-corrected chi connectivity index (χ0v) is 10.8. The Morgan fingerprint density at radius 3 is 2.82 bits per heavy atom. The summed E-state index contributed by atoms with van der Waals surface area (Å²) in [5.41, 5.74) is 1.06. The van der Waals surface area contributed by atoms with E-state index in [9.17, 15) is 4.79 Å². The van der Waals surface area contributed by atoms with E-state index in [2.05, 4.69) is 9.97 Å². The highest BCUT2D eigenvalue weighted by atomic mass is 35.5. The standard InChI is InChI=1S/C12H15ClN2O2/c1-3-17-11(16)12(4-5-12)6-9-10(13)15-8(2)7-14-9/h7H,3-6H2,1-2H3. The molecule has 0 aliphatic heterocycles. The van der Waals surface area contributed by atoms with Crippen LogP contribution in [0.4, 0.5) is 0 Å². The monoisotopic (exact) mass is 254 g/mol. The van der Waals surface area contributed by atoms with Gasteiger partial charge in [-0.3, -0.25) is 9.78 Å². The lowest BCUT2D eigenvalue weighted by Crippen LogP contribution is -2.22. The van der Waals surface area contributed by atoms with Gasteiger partial charge in [0.25, 0.3) is 0 Å². The van der Waals surface area contributed by atoms with Crippen molar-refractivity contribution in [3.05, 3.63) is 22.7 Å². The molecule has 0 unspecified atom stereocenters. The molecule has 92 valence electrons. The molecule has 1 aromatic heterocycles. The number of esters is 1. The molecule has 1 saturated carbocycles. The van der Waals surface area contributed by atoms with Gasteiger partial charge in [0, 0.05) is 12.6 Å². The molecule has 0 N–H and O–H groups in total. The first-order valence-corrected chi connectivity index (χ1v) is 6.10. The topological polar surface area (TPSA) is 52.1 Å². The number of aromatic nitrogens is 2. The summed E-state index contributed by atoms with van der Waals surface area (Å²) in [5.74, 6) is -0.140. The number of hydrogen-bond donors (Lipinski definition) is 0. The fraction of sp³-hybridized carbons (Fsp3) is 0.583. The molecule has 1 aliphatic rings. The Bertz CT molecular complexity index is 444. The zero-order chi connectivity index (χ0) is 12.5. The van der Waals surface area contributed by atoms with Gasteiger partial charge in [0.05, 0.1) is 23.4 Å². The quantitative estimate of drug-likeness (QED) is 0.774. The SMILES string of the molecule is CCOC(=O)C1(Cc2ncc(C)nc2Cl)CC1. The van der Waals surface area contributed by atoms with E-state index in [-0.39, 0.29) is 5.97 Å². The third kappa shape index (κ3) is 2.57. The van der Waals surface area contributed by atoms with Gasteiger partial charge in [-0.05, 0) is 26.7 Å². The summed E-state index contributed by atoms with van der Waals surface area (Å²) in [6.07, 6.45) is 3.88. The van der Waals surface area contributed by atoms with E-state index in [1.54, 1.807) is 6.20 Å². The van der Waals surface area contributed by atoms with Crippen LogP contribution in [-0.2, 0) is 16.0 Å². The van der Waals surface area contributed by atoms with Crippen LogP contribution in [-0.4, -0.2) is 22.5 Å². The Morgan fingerprint density at radius 2 is 2.29 bits per heavy atom. The van der Waals surface area contributed by atoms with E-state index in [0.717, 1.165) is 18.5 Å². The Balaban J connectivity index is 2.13. The van der Waals surface area contributed by atoms with Crippen LogP contribution in [0.5, 0.6) is 0 Å². The van der Waals surface area contributed by atoms with Crippen molar-refractivity contribution in [1.82, 2.24) is 9.97 Å². The Morgan fingerprint density at radius 1 is 1.59 bits per heavy atom. The van der Waals surface area contributed by atoms with Crippen LogP contribution < -0.4 is 0 Å². The number of aryl methyl sites for hydroxylation is 1. The Hall–Kier alpha value is -1.16. The summed E-state index contributed by atoms with van der Waals surface area (Å²) in [4.78, 5) is 20.2. The van der Waals surface area contributed by atoms with Crippen molar-refractivity contribution in [2.45, 2.75) is 33.1 Å². The molecule has 0 atom stereocenters. The largest absolute Gasteiger partial charge is 0.466 e. The van der Waals surface area contributed by atoms with E-state index in [4.69, 9.17) is 16.3 Å². The van der Waals surface area contributed by atoms with Crippen molar-refractivity contribution in [2.24, 2.45) is 5.41 Å². The van der Waals surface area contributed by atoms with Crippen LogP contribution in [0.2, 0.25) is 5.15 Å². The van der Waals surface area contributed by atoms with Crippen molar-refractivity contribution in [3.63, 3.8) is 0 Å². The van der Waals surface area contributed by atoms with Gasteiger partial charge in [-0.15, -0.1) is 0 Å². The van der Waals surface area contributed by atoms with Crippen molar-refractivity contribution in [3.8, 4) is 0 Å². The molecule has 1 aromatic rings. The molecule has 0 amide bonds. The minimum Gasteiger partial charge on any atom is -0.466 e. The number of halogens is 1. The van der Waals surface area contributed by atoms with Crippen molar-refractivity contribution in [1.29, 1.82) is 0 Å². The van der Waals surface area contributed by atoms with Crippen LogP contribution in [0, 0.1) is 12.3 Å². The van der Waals surface area contributed by atoms with Gasteiger partial charge < -0.3 is 4.74 Å². The normalized spacial score (nSPS) is 16.6. The van der Waals surface area contributed by atoms with Crippen LogP contribution in [0.15, 0.2) is 6.20 Å². The fourth-order valence-corrected chi connectivity index (χ4v) is 2.05. The average Bonchev–Trinajstić information content (AvgIpc) is 3.04. The summed E-state index contributed by atoms with van der Waals surface area (Å²) in [6.45, 7) is 4.06. The second kappa shape index (κ2) is 4.61. The third-order valence-corrected chi connectivity index (χ3v) is 3.29. The highest BCUT2D eigenvalue weighted by molar-refractivity contribution is 6.30. The molecular weight excluding hydrogens is 240 g/mol. The first-order chi connectivity index (χ1) is 8.07. The molecular formula is C12H15ClN2O2. The highest BCUT2D eigenvalue weighted by Crippen LogP contribution is 2.49. The smallest absolute Gasteiger partial charge is 0.312 e. The predicted octanol–water partition coefficient (Wildman–Crippen LogP) is 2.32. The predicted molar refractivity (Wildman–Crippen MR) is 63.8 cm³/mol. The number of rotatable bonds is 4. The Labute approximate surface area is 105 Å². The van der Waals surface area contributed by atoms with Gasteiger partial charge >= 0.3 is 5.97 Å². The highest BCUT2D eigenvalue weighted by Gasteiger charge is 2.51. The van der Waals surface area contributed by atoms with Crippen molar-refractivity contribution in [2.75, 3.05) is 6.61 Å². The first kappa shape index (κ1) is 12.3. The molecule has 0 saturated heterocycles. The summed E-state index contributed by atoms with van der Waals surface area (Å²) < 4.78 is 5.07. The minimum absolute atomic E-state index is 0.140. The van der Waals surface area contributed by atoms with E-state index >= 15 is 0 Å². The van der Waals surface area contributed by atoms with Gasteiger partial charge in [0.2, 0.25) is 0 Å². The third-order valence-electron chi connectivity index (χ3n) is 2.99.